The van der Waals surface area contributed by atoms with Gasteiger partial charge in [-0.3, -0.25) is 14.3 Å². The molecule has 2 amide bonds. The predicted molar refractivity (Wildman–Crippen MR) is 182 cm³/mol. The molecule has 4 heterocycles. The van der Waals surface area contributed by atoms with Gasteiger partial charge in [0.25, 0.3) is 5.91 Å². The highest BCUT2D eigenvalue weighted by Gasteiger charge is 2.66. The normalized spacial score (nSPS) is 23.6. The van der Waals surface area contributed by atoms with Gasteiger partial charge in [0.2, 0.25) is 5.91 Å². The second kappa shape index (κ2) is 12.5. The van der Waals surface area contributed by atoms with Crippen molar-refractivity contribution in [2.75, 3.05) is 30.1 Å². The van der Waals surface area contributed by atoms with Gasteiger partial charge >= 0.3 is 0 Å². The van der Waals surface area contributed by atoms with Crippen LogP contribution in [0.15, 0.2) is 79.0 Å². The first-order chi connectivity index (χ1) is 23.2. The molecule has 4 aromatic rings. The molecule has 1 spiro atoms. The molecule has 10 heteroatoms. The van der Waals surface area contributed by atoms with Crippen molar-refractivity contribution >= 4 is 23.2 Å². The Morgan fingerprint density at radius 3 is 2.50 bits per heavy atom. The highest BCUT2D eigenvalue weighted by Crippen LogP contribution is 2.60. The number of methoxy groups -OCH3 is 1. The Bertz CT molecular complexity index is 1810. The van der Waals surface area contributed by atoms with Crippen LogP contribution in [0.2, 0.25) is 0 Å². The molecule has 10 nitrogen and oxygen atoms in total. The van der Waals surface area contributed by atoms with E-state index in [1.54, 1.807) is 16.7 Å². The molecule has 3 aliphatic heterocycles. The minimum atomic E-state index is -1.25. The van der Waals surface area contributed by atoms with Gasteiger partial charge in [0, 0.05) is 61.8 Å². The summed E-state index contributed by atoms with van der Waals surface area (Å²) in [6.07, 6.45) is 3.12. The Morgan fingerprint density at radius 1 is 1.06 bits per heavy atom. The highest BCUT2D eigenvalue weighted by atomic mass is 16.5. The van der Waals surface area contributed by atoms with Crippen LogP contribution in [0.25, 0.3) is 0 Å². The van der Waals surface area contributed by atoms with E-state index in [4.69, 9.17) is 9.47 Å². The molecule has 7 rings (SSSR count). The average molecular weight is 650 g/mol. The zero-order valence-corrected chi connectivity index (χ0v) is 28.0. The van der Waals surface area contributed by atoms with Crippen LogP contribution in [0.3, 0.4) is 0 Å². The molecule has 0 unspecified atom stereocenters. The molecular weight excluding hydrogens is 606 g/mol. The molecule has 0 aliphatic carbocycles. The summed E-state index contributed by atoms with van der Waals surface area (Å²) in [6.45, 7) is 8.24. The number of aliphatic hydroxyl groups excluding tert-OH is 1. The largest absolute Gasteiger partial charge is 0.497 e. The smallest absolute Gasteiger partial charge is 0.264 e. The van der Waals surface area contributed by atoms with Crippen molar-refractivity contribution < 1.29 is 24.2 Å². The third-order valence-electron chi connectivity index (χ3n) is 10.8. The maximum absolute atomic E-state index is 15.1. The standard InChI is InChI=1S/C38H43N5O5/c1-25-35(37(2,3)27-10-13-30(47-4)14-11-27)33(16-19-41-24-28(18-21-44)39-40-41)48-38(25)31-22-29(42-20-17-34(42)45)12-15-32(31)43(36(38)46)23-26-8-6-5-7-9-26/h5-15,22,24-25,33,35,44H,16-21,23H2,1-4H3/t25-,33+,35-,38+/m1/s1. The van der Waals surface area contributed by atoms with E-state index in [0.717, 1.165) is 39.5 Å². The molecule has 1 aromatic heterocycles. The fourth-order valence-electron chi connectivity index (χ4n) is 8.19. The molecule has 4 atom stereocenters. The first kappa shape index (κ1) is 32.0. The van der Waals surface area contributed by atoms with E-state index in [-0.39, 0.29) is 36.4 Å². The van der Waals surface area contributed by atoms with Gasteiger partial charge in [-0.2, -0.15) is 0 Å². The number of benzene rings is 3. The third kappa shape index (κ3) is 5.27. The van der Waals surface area contributed by atoms with E-state index in [1.165, 1.54) is 0 Å². The van der Waals surface area contributed by atoms with Crippen molar-refractivity contribution in [1.29, 1.82) is 0 Å². The number of anilines is 2. The molecule has 1 N–H and O–H groups in total. The van der Waals surface area contributed by atoms with Gasteiger partial charge in [-0.25, -0.2) is 0 Å². The van der Waals surface area contributed by atoms with Crippen LogP contribution in [-0.4, -0.2) is 58.3 Å². The van der Waals surface area contributed by atoms with Crippen molar-refractivity contribution in [3.63, 3.8) is 0 Å². The van der Waals surface area contributed by atoms with Gasteiger partial charge in [-0.15, -0.1) is 5.10 Å². The molecule has 0 radical (unpaired) electrons. The number of carbonyl (C=O) groups excluding carboxylic acids is 2. The van der Waals surface area contributed by atoms with Crippen LogP contribution in [0.1, 0.15) is 56.0 Å². The lowest BCUT2D eigenvalue weighted by atomic mass is 9.63. The first-order valence-corrected chi connectivity index (χ1v) is 16.8. The third-order valence-corrected chi connectivity index (χ3v) is 10.8. The monoisotopic (exact) mass is 649 g/mol. The summed E-state index contributed by atoms with van der Waals surface area (Å²) < 4.78 is 14.5. The summed E-state index contributed by atoms with van der Waals surface area (Å²) in [7, 11) is 1.66. The number of aliphatic hydroxyl groups is 1. The van der Waals surface area contributed by atoms with Gasteiger partial charge in [-0.05, 0) is 53.3 Å². The molecule has 250 valence electrons. The molecular formula is C38H43N5O5. The summed E-state index contributed by atoms with van der Waals surface area (Å²) in [5.41, 5.74) is 3.66. The van der Waals surface area contributed by atoms with Gasteiger partial charge in [0.15, 0.2) is 5.60 Å². The molecule has 2 saturated heterocycles. The minimum Gasteiger partial charge on any atom is -0.497 e. The fourth-order valence-corrected chi connectivity index (χ4v) is 8.19. The number of aryl methyl sites for hydroxylation is 1. The number of amides is 2. The summed E-state index contributed by atoms with van der Waals surface area (Å²) in [5, 5.41) is 17.9. The predicted octanol–water partition coefficient (Wildman–Crippen LogP) is 5.02. The SMILES string of the molecule is COc1ccc(C(C)(C)[C@H]2[C@H](CCn3cc(CCO)nn3)O[C@@]3(C(=O)N(Cc4ccccc4)c4ccc(N5CCC5=O)cc43)[C@@H]2C)cc1. The number of ether oxygens (including phenoxy) is 2. The van der Waals surface area contributed by atoms with Crippen LogP contribution in [0, 0.1) is 11.8 Å². The number of aromatic nitrogens is 3. The van der Waals surface area contributed by atoms with E-state index >= 15 is 4.79 Å². The van der Waals surface area contributed by atoms with Crippen LogP contribution in [0.5, 0.6) is 5.75 Å². The minimum absolute atomic E-state index is 0.00854. The van der Waals surface area contributed by atoms with E-state index in [2.05, 4.69) is 43.2 Å². The number of β-lactam (4-membered cyclic amide) rings is 1. The van der Waals surface area contributed by atoms with E-state index < -0.39 is 11.0 Å². The first-order valence-electron chi connectivity index (χ1n) is 16.8. The second-order valence-electron chi connectivity index (χ2n) is 13.8. The fraction of sp³-hybridized carbons (Fsp3) is 0.421. The maximum atomic E-state index is 15.1. The molecule has 3 aromatic carbocycles. The quantitative estimate of drug-likeness (QED) is 0.227. The Balaban J connectivity index is 1.32. The van der Waals surface area contributed by atoms with Crippen molar-refractivity contribution in [3.8, 4) is 5.75 Å². The van der Waals surface area contributed by atoms with E-state index in [1.807, 2.05) is 71.8 Å². The van der Waals surface area contributed by atoms with Crippen LogP contribution in [0.4, 0.5) is 11.4 Å². The topological polar surface area (TPSA) is 110 Å². The molecule has 0 bridgehead atoms. The summed E-state index contributed by atoms with van der Waals surface area (Å²) in [4.78, 5) is 31.3. The van der Waals surface area contributed by atoms with Gasteiger partial charge < -0.3 is 24.4 Å². The molecule has 0 saturated carbocycles. The summed E-state index contributed by atoms with van der Waals surface area (Å²) in [5.74, 6) is 0.487. The van der Waals surface area contributed by atoms with Crippen molar-refractivity contribution in [1.82, 2.24) is 15.0 Å². The number of fused-ring (bicyclic) bond motifs is 2. The van der Waals surface area contributed by atoms with Gasteiger partial charge in [0.05, 0.1) is 31.1 Å². The summed E-state index contributed by atoms with van der Waals surface area (Å²) in [6, 6.07) is 24.1. The van der Waals surface area contributed by atoms with Crippen molar-refractivity contribution in [2.24, 2.45) is 11.8 Å². The molecule has 2 fully saturated rings. The number of nitrogens with zero attached hydrogens (tertiary/aromatic N) is 5. The average Bonchev–Trinajstić information content (AvgIpc) is 3.73. The lowest BCUT2D eigenvalue weighted by molar-refractivity contribution is -0.146. The lowest BCUT2D eigenvalue weighted by Gasteiger charge is -2.39. The van der Waals surface area contributed by atoms with Gasteiger partial charge in [0.1, 0.15) is 5.75 Å². The lowest BCUT2D eigenvalue weighted by Crippen LogP contribution is -2.46. The Hall–Kier alpha value is -4.54. The van der Waals surface area contributed by atoms with E-state index in [9.17, 15) is 9.90 Å². The zero-order valence-electron chi connectivity index (χ0n) is 28.0. The van der Waals surface area contributed by atoms with Crippen LogP contribution >= 0.6 is 0 Å². The number of hydrogen-bond donors (Lipinski definition) is 1. The van der Waals surface area contributed by atoms with E-state index in [0.29, 0.717) is 38.9 Å². The van der Waals surface area contributed by atoms with Crippen molar-refractivity contribution in [3.05, 3.63) is 101 Å². The van der Waals surface area contributed by atoms with Crippen LogP contribution < -0.4 is 14.5 Å². The van der Waals surface area contributed by atoms with Gasteiger partial charge in [-0.1, -0.05) is 68.4 Å². The van der Waals surface area contributed by atoms with Crippen LogP contribution in [-0.2, 0) is 44.9 Å². The number of rotatable bonds is 11. The molecule has 48 heavy (non-hydrogen) atoms. The zero-order chi connectivity index (χ0) is 33.6. The summed E-state index contributed by atoms with van der Waals surface area (Å²) >= 11 is 0. The Kier molecular flexibility index (Phi) is 8.33. The number of carbonyl (C=O) groups is 2. The maximum Gasteiger partial charge on any atom is 0.264 e. The highest BCUT2D eigenvalue weighted by molar-refractivity contribution is 6.08. The second-order valence-corrected chi connectivity index (χ2v) is 13.8. The molecule has 3 aliphatic rings. The Labute approximate surface area is 281 Å². The van der Waals surface area contributed by atoms with Crippen molar-refractivity contribution in [2.45, 2.75) is 70.2 Å². The number of hydrogen-bond acceptors (Lipinski definition) is 7. The Morgan fingerprint density at radius 2 is 1.83 bits per heavy atom.